The van der Waals surface area contributed by atoms with Crippen LogP contribution in [0.25, 0.3) is 0 Å². The van der Waals surface area contributed by atoms with Gasteiger partial charge in [0.15, 0.2) is 0 Å². The monoisotopic (exact) mass is 365 g/mol. The molecule has 0 atom stereocenters. The molecule has 0 unspecified atom stereocenters. The van der Waals surface area contributed by atoms with Crippen LogP contribution in [0.4, 0.5) is 0 Å². The second-order valence-corrected chi connectivity index (χ2v) is 7.18. The van der Waals surface area contributed by atoms with Gasteiger partial charge >= 0.3 is 5.97 Å². The molecule has 6 nitrogen and oxygen atoms in total. The molecule has 0 radical (unpaired) electrons. The van der Waals surface area contributed by atoms with Gasteiger partial charge < -0.3 is 9.52 Å². The minimum atomic E-state index is -3.64. The number of carbonyl (C=O) groups is 1. The summed E-state index contributed by atoms with van der Waals surface area (Å²) in [6.07, 6.45) is 0. The van der Waals surface area contributed by atoms with Crippen LogP contribution in [0, 0.1) is 0 Å². The van der Waals surface area contributed by atoms with Crippen molar-refractivity contribution in [3.8, 4) is 0 Å². The molecular weight excluding hydrogens is 358 g/mol. The fourth-order valence-electron chi connectivity index (χ4n) is 1.29. The number of furan rings is 1. The van der Waals surface area contributed by atoms with E-state index in [0.29, 0.717) is 4.47 Å². The van der Waals surface area contributed by atoms with Crippen molar-refractivity contribution in [2.75, 3.05) is 0 Å². The predicted octanol–water partition coefficient (Wildman–Crippen LogP) is 2.28. The Hall–Kier alpha value is -1.16. The summed E-state index contributed by atoms with van der Waals surface area (Å²) in [4.78, 5) is 10.6. The number of carboxylic acid groups (broad SMARTS) is 1. The third kappa shape index (κ3) is 3.24. The first-order chi connectivity index (χ1) is 8.90. The third-order valence-electron chi connectivity index (χ3n) is 2.14. The van der Waals surface area contributed by atoms with E-state index in [2.05, 4.69) is 20.7 Å². The van der Waals surface area contributed by atoms with Crippen molar-refractivity contribution in [1.82, 2.24) is 4.72 Å². The number of halogens is 1. The van der Waals surface area contributed by atoms with Gasteiger partial charge in [0.2, 0.25) is 5.76 Å². The lowest BCUT2D eigenvalue weighted by Crippen LogP contribution is -2.22. The number of carboxylic acids is 1. The lowest BCUT2D eigenvalue weighted by atomic mass is 10.4. The smallest absolute Gasteiger partial charge is 0.371 e. The molecule has 19 heavy (non-hydrogen) atoms. The highest BCUT2D eigenvalue weighted by Crippen LogP contribution is 2.27. The maximum Gasteiger partial charge on any atom is 0.371 e. The van der Waals surface area contributed by atoms with E-state index in [-0.39, 0.29) is 22.3 Å². The summed E-state index contributed by atoms with van der Waals surface area (Å²) in [5.41, 5.74) is 0. The molecule has 102 valence electrons. The summed E-state index contributed by atoms with van der Waals surface area (Å²) < 4.78 is 31.8. The first kappa shape index (κ1) is 14.3. The van der Waals surface area contributed by atoms with Crippen molar-refractivity contribution in [3.05, 3.63) is 39.6 Å². The maximum atomic E-state index is 11.9. The Bertz CT molecular complexity index is 703. The molecule has 2 heterocycles. The summed E-state index contributed by atoms with van der Waals surface area (Å²) in [5, 5.41) is 10.3. The van der Waals surface area contributed by atoms with Crippen LogP contribution in [0.2, 0.25) is 0 Å². The second kappa shape index (κ2) is 5.45. The summed E-state index contributed by atoms with van der Waals surface area (Å²) >= 11 is 4.22. The van der Waals surface area contributed by atoms with Crippen molar-refractivity contribution >= 4 is 43.3 Å². The van der Waals surface area contributed by atoms with Gasteiger partial charge in [-0.1, -0.05) is 0 Å². The Balaban J connectivity index is 2.10. The molecule has 0 aromatic carbocycles. The van der Waals surface area contributed by atoms with E-state index in [1.165, 1.54) is 12.1 Å². The Morgan fingerprint density at radius 3 is 2.68 bits per heavy atom. The average molecular weight is 366 g/mol. The number of thiophene rings is 1. The van der Waals surface area contributed by atoms with Gasteiger partial charge in [-0.3, -0.25) is 0 Å². The molecule has 0 amide bonds. The van der Waals surface area contributed by atoms with Gasteiger partial charge in [0.1, 0.15) is 9.97 Å². The Morgan fingerprint density at radius 1 is 1.42 bits per heavy atom. The third-order valence-corrected chi connectivity index (χ3v) is 6.21. The van der Waals surface area contributed by atoms with Crippen molar-refractivity contribution in [3.63, 3.8) is 0 Å². The van der Waals surface area contributed by atoms with Crippen molar-refractivity contribution in [2.24, 2.45) is 0 Å². The molecule has 0 bridgehead atoms. The van der Waals surface area contributed by atoms with E-state index in [4.69, 9.17) is 9.52 Å². The van der Waals surface area contributed by atoms with Crippen LogP contribution in [0.1, 0.15) is 16.3 Å². The van der Waals surface area contributed by atoms with Gasteiger partial charge in [0.05, 0.1) is 6.54 Å². The molecule has 2 aromatic heterocycles. The van der Waals surface area contributed by atoms with Crippen LogP contribution in [0.3, 0.4) is 0 Å². The first-order valence-electron chi connectivity index (χ1n) is 4.95. The molecule has 9 heteroatoms. The molecular formula is C10H8BrNO5S2. The molecule has 0 aliphatic carbocycles. The van der Waals surface area contributed by atoms with Crippen LogP contribution in [-0.4, -0.2) is 19.5 Å². The number of rotatable bonds is 5. The van der Waals surface area contributed by atoms with Crippen molar-refractivity contribution in [1.29, 1.82) is 0 Å². The second-order valence-electron chi connectivity index (χ2n) is 3.45. The molecule has 0 spiro atoms. The Kier molecular flexibility index (Phi) is 4.09. The number of hydrogen-bond donors (Lipinski definition) is 2. The van der Waals surface area contributed by atoms with E-state index in [9.17, 15) is 13.2 Å². The van der Waals surface area contributed by atoms with Crippen LogP contribution >= 0.6 is 27.3 Å². The highest BCUT2D eigenvalue weighted by Gasteiger charge is 2.19. The molecule has 0 saturated heterocycles. The summed E-state index contributed by atoms with van der Waals surface area (Å²) in [7, 11) is -3.64. The number of sulfonamides is 1. The van der Waals surface area contributed by atoms with Gasteiger partial charge in [0, 0.05) is 4.47 Å². The number of aromatic carboxylic acids is 1. The molecule has 0 aliphatic heterocycles. The lowest BCUT2D eigenvalue weighted by molar-refractivity contribution is 0.0660. The van der Waals surface area contributed by atoms with E-state index in [1.54, 1.807) is 11.4 Å². The zero-order valence-corrected chi connectivity index (χ0v) is 12.5. The minimum Gasteiger partial charge on any atom is -0.475 e. The van der Waals surface area contributed by atoms with Gasteiger partial charge in [-0.25, -0.2) is 17.9 Å². The summed E-state index contributed by atoms with van der Waals surface area (Å²) in [6, 6.07) is 4.32. The van der Waals surface area contributed by atoms with E-state index < -0.39 is 16.0 Å². The van der Waals surface area contributed by atoms with Crippen LogP contribution < -0.4 is 4.72 Å². The Labute approximate surface area is 121 Å². The molecule has 0 saturated carbocycles. The topological polar surface area (TPSA) is 96.6 Å². The molecule has 0 aliphatic rings. The zero-order chi connectivity index (χ0) is 14.0. The maximum absolute atomic E-state index is 11.9. The van der Waals surface area contributed by atoms with Gasteiger partial charge in [-0.15, -0.1) is 11.3 Å². The quantitative estimate of drug-likeness (QED) is 0.846. The van der Waals surface area contributed by atoms with Gasteiger partial charge in [0.25, 0.3) is 10.0 Å². The SMILES string of the molecule is O=C(O)c1ccc(CNS(=O)(=O)c2sccc2Br)o1. The van der Waals surface area contributed by atoms with E-state index in [0.717, 1.165) is 11.3 Å². The highest BCUT2D eigenvalue weighted by atomic mass is 79.9. The molecule has 2 N–H and O–H groups in total. The van der Waals surface area contributed by atoms with Crippen molar-refractivity contribution in [2.45, 2.75) is 10.8 Å². The summed E-state index contributed by atoms with van der Waals surface area (Å²) in [5.74, 6) is -1.20. The largest absolute Gasteiger partial charge is 0.475 e. The number of hydrogen-bond acceptors (Lipinski definition) is 5. The standard InChI is InChI=1S/C10H8BrNO5S2/c11-7-3-4-18-10(7)19(15,16)12-5-6-1-2-8(17-6)9(13)14/h1-4,12H,5H2,(H,13,14). The number of nitrogens with one attached hydrogen (secondary N) is 1. The van der Waals surface area contributed by atoms with Gasteiger partial charge in [-0.2, -0.15) is 0 Å². The Morgan fingerprint density at radius 2 is 2.16 bits per heavy atom. The van der Waals surface area contributed by atoms with E-state index in [1.807, 2.05) is 0 Å². The fraction of sp³-hybridized carbons (Fsp3) is 0.100. The highest BCUT2D eigenvalue weighted by molar-refractivity contribution is 9.10. The molecule has 2 aromatic rings. The predicted molar refractivity (Wildman–Crippen MR) is 71.7 cm³/mol. The van der Waals surface area contributed by atoms with Crippen LogP contribution in [-0.2, 0) is 16.6 Å². The first-order valence-corrected chi connectivity index (χ1v) is 8.10. The minimum absolute atomic E-state index is 0.111. The van der Waals surface area contributed by atoms with Crippen LogP contribution in [0.15, 0.2) is 36.7 Å². The zero-order valence-electron chi connectivity index (χ0n) is 9.29. The normalized spacial score (nSPS) is 11.6. The van der Waals surface area contributed by atoms with Crippen LogP contribution in [0.5, 0.6) is 0 Å². The van der Waals surface area contributed by atoms with Crippen molar-refractivity contribution < 1.29 is 22.7 Å². The molecule has 0 fully saturated rings. The average Bonchev–Trinajstić information content (AvgIpc) is 2.95. The lowest BCUT2D eigenvalue weighted by Gasteiger charge is -2.03. The van der Waals surface area contributed by atoms with E-state index >= 15 is 0 Å². The summed E-state index contributed by atoms with van der Waals surface area (Å²) in [6.45, 7) is -0.111. The van der Waals surface area contributed by atoms with Gasteiger partial charge in [-0.05, 0) is 39.5 Å². The molecule has 2 rings (SSSR count). The fourth-order valence-corrected chi connectivity index (χ4v) is 4.66.